The monoisotopic (exact) mass is 260 g/mol. The van der Waals surface area contributed by atoms with Crippen LogP contribution in [0.4, 0.5) is 0 Å². The van der Waals surface area contributed by atoms with Crippen LogP contribution in [0.15, 0.2) is 6.07 Å². The number of carbonyl (C=O) groups is 1. The van der Waals surface area contributed by atoms with Gasteiger partial charge in [-0.1, -0.05) is 13.8 Å². The van der Waals surface area contributed by atoms with Crippen LogP contribution in [-0.4, -0.2) is 28.2 Å². The third-order valence-electron chi connectivity index (χ3n) is 2.16. The highest BCUT2D eigenvalue weighted by Gasteiger charge is 2.15. The van der Waals surface area contributed by atoms with Gasteiger partial charge in [0.25, 0.3) is 5.91 Å². The van der Waals surface area contributed by atoms with Crippen LogP contribution in [-0.2, 0) is 0 Å². The van der Waals surface area contributed by atoms with E-state index in [1.165, 1.54) is 0 Å². The van der Waals surface area contributed by atoms with Gasteiger partial charge in [0, 0.05) is 17.8 Å². The Labute approximate surface area is 108 Å². The van der Waals surface area contributed by atoms with E-state index < -0.39 is 5.54 Å². The molecule has 0 unspecified atom stereocenters. The van der Waals surface area contributed by atoms with Crippen LogP contribution in [0.2, 0.25) is 0 Å². The summed E-state index contributed by atoms with van der Waals surface area (Å²) in [5.74, 6) is 0.140. The summed E-state index contributed by atoms with van der Waals surface area (Å²) in [6.07, 6.45) is 0. The number of nitrogens with two attached hydrogens (primary N) is 1. The van der Waals surface area contributed by atoms with Crippen molar-refractivity contribution in [3.8, 4) is 0 Å². The number of rotatable bonds is 4. The van der Waals surface area contributed by atoms with E-state index in [2.05, 4.69) is 15.5 Å². The molecule has 0 bridgehead atoms. The lowest BCUT2D eigenvalue weighted by Crippen LogP contribution is -2.45. The van der Waals surface area contributed by atoms with Gasteiger partial charge < -0.3 is 11.1 Å². The van der Waals surface area contributed by atoms with Crippen molar-refractivity contribution in [2.24, 2.45) is 5.73 Å². The van der Waals surface area contributed by atoms with Gasteiger partial charge in [-0.3, -0.25) is 9.89 Å². The smallest absolute Gasteiger partial charge is 0.271 e. The molecule has 0 fully saturated rings. The number of aromatic amines is 1. The summed E-state index contributed by atoms with van der Waals surface area (Å²) in [4.78, 5) is 11.7. The second-order valence-corrected chi connectivity index (χ2v) is 5.03. The molecule has 17 heavy (non-hydrogen) atoms. The molecular weight excluding hydrogens is 240 g/mol. The molecule has 1 amide bonds. The zero-order chi connectivity index (χ0) is 12.3. The fourth-order valence-electron chi connectivity index (χ4n) is 1.15. The lowest BCUT2D eigenvalue weighted by Gasteiger charge is -2.18. The Balaban J connectivity index is 0.00000256. The Bertz CT molecular complexity index is 368. The van der Waals surface area contributed by atoms with Gasteiger partial charge in [0.2, 0.25) is 0 Å². The largest absolute Gasteiger partial charge is 0.349 e. The molecule has 0 aliphatic rings. The van der Waals surface area contributed by atoms with E-state index in [0.717, 1.165) is 5.69 Å². The third kappa shape index (κ3) is 5.19. The number of nitrogens with zero attached hydrogens (tertiary/aromatic N) is 1. The number of nitrogens with one attached hydrogen (secondary N) is 2. The zero-order valence-corrected chi connectivity index (χ0v) is 11.5. The third-order valence-corrected chi connectivity index (χ3v) is 2.16. The van der Waals surface area contributed by atoms with Crippen molar-refractivity contribution in [3.05, 3.63) is 17.5 Å². The molecule has 1 rings (SSSR count). The molecule has 0 aliphatic heterocycles. The lowest BCUT2D eigenvalue weighted by molar-refractivity contribution is 0.0941. The van der Waals surface area contributed by atoms with E-state index in [0.29, 0.717) is 18.2 Å². The van der Waals surface area contributed by atoms with Gasteiger partial charge in [0.1, 0.15) is 5.69 Å². The van der Waals surface area contributed by atoms with Crippen LogP contribution in [0.5, 0.6) is 0 Å². The van der Waals surface area contributed by atoms with Crippen LogP contribution in [0, 0.1) is 0 Å². The SMILES string of the molecule is CC(C)c1cc(C(=O)NCC(C)(C)N)n[nH]1.Cl. The number of carbonyl (C=O) groups excluding carboxylic acids is 1. The van der Waals surface area contributed by atoms with Crippen LogP contribution in [0.3, 0.4) is 0 Å². The molecule has 0 radical (unpaired) electrons. The van der Waals surface area contributed by atoms with E-state index in [-0.39, 0.29) is 18.3 Å². The van der Waals surface area contributed by atoms with Gasteiger partial charge in [-0.15, -0.1) is 12.4 Å². The van der Waals surface area contributed by atoms with Crippen molar-refractivity contribution < 1.29 is 4.79 Å². The van der Waals surface area contributed by atoms with Crippen molar-refractivity contribution in [2.75, 3.05) is 6.54 Å². The number of hydrogen-bond acceptors (Lipinski definition) is 3. The first-order valence-corrected chi connectivity index (χ1v) is 5.42. The van der Waals surface area contributed by atoms with Gasteiger partial charge in [-0.05, 0) is 25.8 Å². The predicted octanol–water partition coefficient (Wildman–Crippen LogP) is 1.42. The number of H-pyrrole nitrogens is 1. The topological polar surface area (TPSA) is 83.8 Å². The normalized spacial score (nSPS) is 11.2. The summed E-state index contributed by atoms with van der Waals surface area (Å²) in [5, 5.41) is 9.55. The first-order valence-electron chi connectivity index (χ1n) is 5.42. The maximum Gasteiger partial charge on any atom is 0.271 e. The van der Waals surface area contributed by atoms with Crippen LogP contribution < -0.4 is 11.1 Å². The molecule has 0 aliphatic carbocycles. The minimum absolute atomic E-state index is 0. The molecule has 0 spiro atoms. The van der Waals surface area contributed by atoms with Gasteiger partial charge >= 0.3 is 0 Å². The average Bonchev–Trinajstić information content (AvgIpc) is 2.61. The highest BCUT2D eigenvalue weighted by molar-refractivity contribution is 5.92. The summed E-state index contributed by atoms with van der Waals surface area (Å²) in [5.41, 5.74) is 6.73. The van der Waals surface area contributed by atoms with Crippen LogP contribution >= 0.6 is 12.4 Å². The fraction of sp³-hybridized carbons (Fsp3) is 0.636. The van der Waals surface area contributed by atoms with E-state index in [1.54, 1.807) is 6.07 Å². The predicted molar refractivity (Wildman–Crippen MR) is 70.5 cm³/mol. The Morgan fingerprint density at radius 3 is 2.59 bits per heavy atom. The highest BCUT2D eigenvalue weighted by Crippen LogP contribution is 2.11. The molecule has 0 saturated heterocycles. The standard InChI is InChI=1S/C11H20N4O.ClH/c1-7(2)8-5-9(15-14-8)10(16)13-6-11(3,4)12;/h5,7H,6,12H2,1-4H3,(H,13,16)(H,14,15);1H. The van der Waals surface area contributed by atoms with Crippen molar-refractivity contribution in [2.45, 2.75) is 39.2 Å². The van der Waals surface area contributed by atoms with E-state index in [9.17, 15) is 4.79 Å². The van der Waals surface area contributed by atoms with E-state index >= 15 is 0 Å². The minimum atomic E-state index is -0.410. The first kappa shape index (κ1) is 15.9. The molecular formula is C11H21ClN4O. The molecule has 4 N–H and O–H groups in total. The number of hydrogen-bond donors (Lipinski definition) is 3. The molecule has 0 saturated carbocycles. The van der Waals surface area contributed by atoms with E-state index in [1.807, 2.05) is 27.7 Å². The zero-order valence-electron chi connectivity index (χ0n) is 10.7. The van der Waals surface area contributed by atoms with Gasteiger partial charge in [0.05, 0.1) is 0 Å². The number of aromatic nitrogens is 2. The van der Waals surface area contributed by atoms with Gasteiger partial charge in [0.15, 0.2) is 0 Å². The molecule has 1 aromatic rings. The Hall–Kier alpha value is -1.07. The molecule has 1 aromatic heterocycles. The summed E-state index contributed by atoms with van der Waals surface area (Å²) in [6.45, 7) is 8.22. The van der Waals surface area contributed by atoms with Crippen molar-refractivity contribution in [1.82, 2.24) is 15.5 Å². The maximum absolute atomic E-state index is 11.7. The summed E-state index contributed by atoms with van der Waals surface area (Å²) < 4.78 is 0. The number of halogens is 1. The Morgan fingerprint density at radius 1 is 1.59 bits per heavy atom. The second kappa shape index (κ2) is 6.02. The second-order valence-electron chi connectivity index (χ2n) is 5.03. The van der Waals surface area contributed by atoms with Crippen LogP contribution in [0.1, 0.15) is 49.8 Å². The van der Waals surface area contributed by atoms with Crippen molar-refractivity contribution in [1.29, 1.82) is 0 Å². The van der Waals surface area contributed by atoms with Crippen LogP contribution in [0.25, 0.3) is 0 Å². The Kier molecular flexibility index (Phi) is 5.64. The molecule has 1 heterocycles. The highest BCUT2D eigenvalue weighted by atomic mass is 35.5. The quantitative estimate of drug-likeness (QED) is 0.766. The molecule has 5 nitrogen and oxygen atoms in total. The number of amides is 1. The molecule has 0 atom stereocenters. The Morgan fingerprint density at radius 2 is 2.18 bits per heavy atom. The van der Waals surface area contributed by atoms with Gasteiger partial charge in [-0.2, -0.15) is 5.10 Å². The van der Waals surface area contributed by atoms with Crippen molar-refractivity contribution in [3.63, 3.8) is 0 Å². The first-order chi connectivity index (χ1) is 7.29. The summed E-state index contributed by atoms with van der Waals surface area (Å²) in [7, 11) is 0. The van der Waals surface area contributed by atoms with E-state index in [4.69, 9.17) is 5.73 Å². The summed E-state index contributed by atoms with van der Waals surface area (Å²) >= 11 is 0. The minimum Gasteiger partial charge on any atom is -0.349 e. The fourth-order valence-corrected chi connectivity index (χ4v) is 1.15. The average molecular weight is 261 g/mol. The lowest BCUT2D eigenvalue weighted by atomic mass is 10.1. The maximum atomic E-state index is 11.7. The molecule has 98 valence electrons. The molecule has 0 aromatic carbocycles. The van der Waals surface area contributed by atoms with Gasteiger partial charge in [-0.25, -0.2) is 0 Å². The van der Waals surface area contributed by atoms with Crippen molar-refractivity contribution >= 4 is 18.3 Å². The molecule has 6 heteroatoms. The summed E-state index contributed by atoms with van der Waals surface area (Å²) in [6, 6.07) is 1.77.